The smallest absolute Gasteiger partial charge is 0.416 e. The molecule has 0 aliphatic rings. The lowest BCUT2D eigenvalue weighted by Gasteiger charge is -2.25. The van der Waals surface area contributed by atoms with Crippen LogP contribution in [0.3, 0.4) is 0 Å². The van der Waals surface area contributed by atoms with Crippen molar-refractivity contribution in [3.63, 3.8) is 0 Å². The quantitative estimate of drug-likeness (QED) is 0.566. The summed E-state index contributed by atoms with van der Waals surface area (Å²) in [5, 5.41) is 10.4. The van der Waals surface area contributed by atoms with Crippen molar-refractivity contribution in [1.29, 1.82) is 0 Å². The molecule has 31 heavy (non-hydrogen) atoms. The van der Waals surface area contributed by atoms with Crippen LogP contribution < -0.4 is 4.74 Å². The van der Waals surface area contributed by atoms with Crippen molar-refractivity contribution in [3.8, 4) is 5.75 Å². The molecule has 0 radical (unpaired) electrons. The third-order valence-electron chi connectivity index (χ3n) is 4.67. The second kappa shape index (κ2) is 9.65. The molecule has 0 saturated heterocycles. The van der Waals surface area contributed by atoms with Crippen molar-refractivity contribution in [2.24, 2.45) is 0 Å². The van der Waals surface area contributed by atoms with E-state index < -0.39 is 17.8 Å². The number of aromatic nitrogens is 2. The number of hydrogen-bond donors (Lipinski definition) is 2. The average Bonchev–Trinajstić information content (AvgIpc) is 3.27. The van der Waals surface area contributed by atoms with E-state index in [9.17, 15) is 23.1 Å². The zero-order valence-corrected chi connectivity index (χ0v) is 16.8. The molecule has 1 heterocycles. The number of aliphatic hydroxyl groups excluding tert-OH is 1. The van der Waals surface area contributed by atoms with Gasteiger partial charge in [0.15, 0.2) is 5.82 Å². The molecule has 164 valence electrons. The first-order valence-corrected chi connectivity index (χ1v) is 9.55. The Balaban J connectivity index is 1.65. The lowest BCUT2D eigenvalue weighted by atomic mass is 10.1. The molecule has 3 rings (SSSR count). The first kappa shape index (κ1) is 22.4. The topological polar surface area (TPSA) is 78.5 Å². The Morgan fingerprint density at radius 1 is 1.19 bits per heavy atom. The maximum absolute atomic E-state index is 12.8. The van der Waals surface area contributed by atoms with E-state index in [0.717, 1.165) is 23.3 Å². The van der Waals surface area contributed by atoms with Gasteiger partial charge in [-0.2, -0.15) is 13.2 Å². The summed E-state index contributed by atoms with van der Waals surface area (Å²) < 4.78 is 43.4. The van der Waals surface area contributed by atoms with Crippen LogP contribution in [0.15, 0.2) is 60.9 Å². The molecule has 2 N–H and O–H groups in total. The van der Waals surface area contributed by atoms with Gasteiger partial charge in [-0.3, -0.25) is 4.79 Å². The number of nitrogens with one attached hydrogen (secondary N) is 1. The standard InChI is InChI=1S/C22H22F3N3O3/c1-15-4-2-3-5-16(15)12-28(21(30)20-26-10-11-27-20)13-18(29)14-31-19-8-6-17(7-9-19)22(23,24)25/h2-11,18,29H,12-14H2,1H3,(H,26,27). The zero-order chi connectivity index (χ0) is 22.4. The van der Waals surface area contributed by atoms with Crippen molar-refractivity contribution < 1.29 is 27.8 Å². The summed E-state index contributed by atoms with van der Waals surface area (Å²) in [6.07, 6.45) is -2.50. The molecule has 9 heteroatoms. The third kappa shape index (κ3) is 6.08. The van der Waals surface area contributed by atoms with Gasteiger partial charge in [0, 0.05) is 18.9 Å². The molecule has 6 nitrogen and oxygen atoms in total. The molecule has 0 aliphatic heterocycles. The number of amides is 1. The number of alkyl halides is 3. The molecule has 1 unspecified atom stereocenters. The van der Waals surface area contributed by atoms with Crippen LogP contribution in [0.1, 0.15) is 27.3 Å². The Labute approximate surface area is 177 Å². The second-order valence-electron chi connectivity index (χ2n) is 7.04. The fraction of sp³-hybridized carbons (Fsp3) is 0.273. The van der Waals surface area contributed by atoms with Crippen molar-refractivity contribution in [1.82, 2.24) is 14.9 Å². The number of nitrogens with zero attached hydrogens (tertiary/aromatic N) is 2. The zero-order valence-electron chi connectivity index (χ0n) is 16.8. The molecular weight excluding hydrogens is 411 g/mol. The van der Waals surface area contributed by atoms with Crippen LogP contribution in [0.2, 0.25) is 0 Å². The lowest BCUT2D eigenvalue weighted by molar-refractivity contribution is -0.137. The Bertz CT molecular complexity index is 989. The molecule has 0 bridgehead atoms. The van der Waals surface area contributed by atoms with Crippen LogP contribution in [-0.2, 0) is 12.7 Å². The Morgan fingerprint density at radius 2 is 1.90 bits per heavy atom. The number of carbonyl (C=O) groups is 1. The molecule has 0 aliphatic carbocycles. The predicted octanol–water partition coefficient (Wildman–Crippen LogP) is 3.82. The molecular formula is C22H22F3N3O3. The Kier molecular flexibility index (Phi) is 6.96. The van der Waals surface area contributed by atoms with Gasteiger partial charge >= 0.3 is 6.18 Å². The Morgan fingerprint density at radius 3 is 2.52 bits per heavy atom. The first-order chi connectivity index (χ1) is 14.7. The fourth-order valence-corrected chi connectivity index (χ4v) is 2.98. The molecule has 2 aromatic carbocycles. The van der Waals surface area contributed by atoms with E-state index in [4.69, 9.17) is 4.74 Å². The van der Waals surface area contributed by atoms with Crippen molar-refractivity contribution in [2.45, 2.75) is 25.7 Å². The number of aromatic amines is 1. The highest BCUT2D eigenvalue weighted by Gasteiger charge is 2.30. The van der Waals surface area contributed by atoms with Crippen LogP contribution in [0, 0.1) is 6.92 Å². The number of H-pyrrole nitrogens is 1. The minimum atomic E-state index is -4.43. The van der Waals surface area contributed by atoms with Crippen LogP contribution in [0.5, 0.6) is 5.75 Å². The van der Waals surface area contributed by atoms with E-state index >= 15 is 0 Å². The van der Waals surface area contributed by atoms with E-state index in [2.05, 4.69) is 9.97 Å². The number of rotatable bonds is 8. The predicted molar refractivity (Wildman–Crippen MR) is 107 cm³/mol. The minimum Gasteiger partial charge on any atom is -0.491 e. The maximum Gasteiger partial charge on any atom is 0.416 e. The third-order valence-corrected chi connectivity index (χ3v) is 4.67. The van der Waals surface area contributed by atoms with Gasteiger partial charge < -0.3 is 19.7 Å². The summed E-state index contributed by atoms with van der Waals surface area (Å²) in [4.78, 5) is 21.0. The number of halogens is 3. The Hall–Kier alpha value is -3.33. The maximum atomic E-state index is 12.8. The number of ether oxygens (including phenoxy) is 1. The van der Waals surface area contributed by atoms with Gasteiger partial charge in [-0.25, -0.2) is 4.98 Å². The highest BCUT2D eigenvalue weighted by molar-refractivity contribution is 5.90. The molecule has 0 fully saturated rings. The number of imidazole rings is 1. The number of aryl methyl sites for hydroxylation is 1. The molecule has 0 spiro atoms. The van der Waals surface area contributed by atoms with E-state index in [0.29, 0.717) is 0 Å². The van der Waals surface area contributed by atoms with Crippen molar-refractivity contribution in [3.05, 3.63) is 83.4 Å². The number of hydrogen-bond acceptors (Lipinski definition) is 4. The van der Waals surface area contributed by atoms with Gasteiger partial charge in [0.1, 0.15) is 18.5 Å². The average molecular weight is 433 g/mol. The number of benzene rings is 2. The van der Waals surface area contributed by atoms with E-state index in [-0.39, 0.29) is 37.2 Å². The van der Waals surface area contributed by atoms with Gasteiger partial charge in [-0.05, 0) is 42.3 Å². The van der Waals surface area contributed by atoms with Crippen molar-refractivity contribution in [2.75, 3.05) is 13.2 Å². The highest BCUT2D eigenvalue weighted by Crippen LogP contribution is 2.30. The van der Waals surface area contributed by atoms with Crippen LogP contribution >= 0.6 is 0 Å². The SMILES string of the molecule is Cc1ccccc1CN(CC(O)COc1ccc(C(F)(F)F)cc1)C(=O)c1ncc[nH]1. The number of aliphatic hydroxyl groups is 1. The van der Waals surface area contributed by atoms with Crippen LogP contribution in [0.4, 0.5) is 13.2 Å². The van der Waals surface area contributed by atoms with Crippen molar-refractivity contribution >= 4 is 5.91 Å². The number of carbonyl (C=O) groups excluding carboxylic acids is 1. The van der Waals surface area contributed by atoms with Gasteiger partial charge in [-0.1, -0.05) is 24.3 Å². The van der Waals surface area contributed by atoms with Gasteiger partial charge in [0.2, 0.25) is 0 Å². The fourth-order valence-electron chi connectivity index (χ4n) is 2.98. The van der Waals surface area contributed by atoms with Gasteiger partial charge in [0.25, 0.3) is 5.91 Å². The minimum absolute atomic E-state index is 0.0471. The molecule has 3 aromatic rings. The summed E-state index contributed by atoms with van der Waals surface area (Å²) in [5.41, 5.74) is 1.13. The largest absolute Gasteiger partial charge is 0.491 e. The monoisotopic (exact) mass is 433 g/mol. The highest BCUT2D eigenvalue weighted by atomic mass is 19.4. The summed E-state index contributed by atoms with van der Waals surface area (Å²) in [6, 6.07) is 11.8. The van der Waals surface area contributed by atoms with Crippen LogP contribution in [0.25, 0.3) is 0 Å². The summed E-state index contributed by atoms with van der Waals surface area (Å²) in [7, 11) is 0. The second-order valence-corrected chi connectivity index (χ2v) is 7.04. The van der Waals surface area contributed by atoms with Gasteiger partial charge in [-0.15, -0.1) is 0 Å². The molecule has 1 atom stereocenters. The van der Waals surface area contributed by atoms with E-state index in [1.807, 2.05) is 31.2 Å². The first-order valence-electron chi connectivity index (χ1n) is 9.55. The van der Waals surface area contributed by atoms with E-state index in [1.54, 1.807) is 0 Å². The summed E-state index contributed by atoms with van der Waals surface area (Å²) >= 11 is 0. The molecule has 1 amide bonds. The summed E-state index contributed by atoms with van der Waals surface area (Å²) in [6.45, 7) is 1.94. The summed E-state index contributed by atoms with van der Waals surface area (Å²) in [5.74, 6) is -0.0545. The molecule has 0 saturated carbocycles. The molecule has 1 aromatic heterocycles. The van der Waals surface area contributed by atoms with Crippen LogP contribution in [-0.4, -0.2) is 45.1 Å². The lowest BCUT2D eigenvalue weighted by Crippen LogP contribution is -2.40. The van der Waals surface area contributed by atoms with E-state index in [1.165, 1.54) is 29.4 Å². The van der Waals surface area contributed by atoms with Gasteiger partial charge in [0.05, 0.1) is 12.1 Å². The normalized spacial score (nSPS) is 12.4.